The molecule has 118 valence electrons. The Balaban J connectivity index is 1.60. The predicted molar refractivity (Wildman–Crippen MR) is 93.3 cm³/mol. The molecule has 2 unspecified atom stereocenters. The van der Waals surface area contributed by atoms with E-state index < -0.39 is 0 Å². The van der Waals surface area contributed by atoms with Crippen LogP contribution in [0.1, 0.15) is 30.4 Å². The van der Waals surface area contributed by atoms with Crippen molar-refractivity contribution < 1.29 is 4.39 Å². The predicted octanol–water partition coefficient (Wildman–Crippen LogP) is 4.80. The van der Waals surface area contributed by atoms with Crippen LogP contribution in [0.15, 0.2) is 53.1 Å². The zero-order chi connectivity index (χ0) is 15.8. The van der Waals surface area contributed by atoms with Crippen LogP contribution in [0.5, 0.6) is 0 Å². The van der Waals surface area contributed by atoms with Crippen LogP contribution in [0.3, 0.4) is 0 Å². The van der Waals surface area contributed by atoms with E-state index in [-0.39, 0.29) is 5.95 Å². The van der Waals surface area contributed by atoms with Gasteiger partial charge < -0.3 is 0 Å². The molecule has 0 aliphatic carbocycles. The van der Waals surface area contributed by atoms with Gasteiger partial charge in [-0.3, -0.25) is 4.90 Å². The van der Waals surface area contributed by atoms with Gasteiger partial charge in [-0.1, -0.05) is 36.4 Å². The van der Waals surface area contributed by atoms with Gasteiger partial charge in [-0.25, -0.2) is 4.98 Å². The number of halogens is 2. The van der Waals surface area contributed by atoms with Crippen LogP contribution < -0.4 is 0 Å². The van der Waals surface area contributed by atoms with Crippen molar-refractivity contribution in [3.05, 3.63) is 70.2 Å². The van der Waals surface area contributed by atoms with Crippen LogP contribution in [0.2, 0.25) is 0 Å². The molecule has 1 fully saturated rings. The highest BCUT2D eigenvalue weighted by molar-refractivity contribution is 9.10. The van der Waals surface area contributed by atoms with Crippen LogP contribution in [-0.4, -0.2) is 22.0 Å². The molecule has 0 spiro atoms. The largest absolute Gasteiger partial charge is 0.289 e. The summed E-state index contributed by atoms with van der Waals surface area (Å²) in [5.41, 5.74) is 3.10. The number of hydrogen-bond donors (Lipinski definition) is 0. The summed E-state index contributed by atoms with van der Waals surface area (Å²) in [6.07, 6.45) is 7.00. The van der Waals surface area contributed by atoms with E-state index in [4.69, 9.17) is 0 Å². The molecule has 0 radical (unpaired) electrons. The van der Waals surface area contributed by atoms with E-state index >= 15 is 0 Å². The van der Waals surface area contributed by atoms with E-state index in [9.17, 15) is 4.39 Å². The lowest BCUT2D eigenvalue weighted by molar-refractivity contribution is 0.203. The fourth-order valence-electron chi connectivity index (χ4n) is 3.81. The first-order valence-electron chi connectivity index (χ1n) is 8.02. The average molecular weight is 373 g/mol. The van der Waals surface area contributed by atoms with Crippen LogP contribution in [0, 0.1) is 5.95 Å². The monoisotopic (exact) mass is 372 g/mol. The van der Waals surface area contributed by atoms with Gasteiger partial charge in [-0.05, 0) is 52.4 Å². The summed E-state index contributed by atoms with van der Waals surface area (Å²) in [7, 11) is 0. The SMILES string of the molecule is Fc1ncc(Br)cc1C1=CC2CCC(C1)N2Cc1ccccc1. The molecule has 2 aliphatic rings. The smallest absolute Gasteiger partial charge is 0.220 e. The molecule has 2 aliphatic heterocycles. The minimum atomic E-state index is -0.365. The van der Waals surface area contributed by atoms with Crippen molar-refractivity contribution in [1.29, 1.82) is 0 Å². The molecular formula is C19H18BrFN2. The average Bonchev–Trinajstić information content (AvgIpc) is 2.80. The maximum absolute atomic E-state index is 14.1. The van der Waals surface area contributed by atoms with Crippen LogP contribution >= 0.6 is 15.9 Å². The molecule has 4 rings (SSSR count). The number of rotatable bonds is 3. The summed E-state index contributed by atoms with van der Waals surface area (Å²) in [4.78, 5) is 6.40. The van der Waals surface area contributed by atoms with Crippen LogP contribution in [-0.2, 0) is 6.54 Å². The number of fused-ring (bicyclic) bond motifs is 2. The van der Waals surface area contributed by atoms with Crippen LogP contribution in [0.4, 0.5) is 4.39 Å². The Morgan fingerprint density at radius 1 is 1.22 bits per heavy atom. The highest BCUT2D eigenvalue weighted by atomic mass is 79.9. The first-order chi connectivity index (χ1) is 11.2. The number of benzene rings is 1. The quantitative estimate of drug-likeness (QED) is 0.719. The second-order valence-corrected chi connectivity index (χ2v) is 7.26. The second kappa shape index (κ2) is 6.17. The maximum Gasteiger partial charge on any atom is 0.220 e. The molecule has 23 heavy (non-hydrogen) atoms. The number of nitrogens with zero attached hydrogens (tertiary/aromatic N) is 2. The Morgan fingerprint density at radius 3 is 2.83 bits per heavy atom. The van der Waals surface area contributed by atoms with Gasteiger partial charge in [-0.15, -0.1) is 0 Å². The van der Waals surface area contributed by atoms with Crippen molar-refractivity contribution in [2.75, 3.05) is 0 Å². The number of aromatic nitrogens is 1. The molecular weight excluding hydrogens is 355 g/mol. The van der Waals surface area contributed by atoms with Gasteiger partial charge in [0, 0.05) is 34.9 Å². The fraction of sp³-hybridized carbons (Fsp3) is 0.316. The van der Waals surface area contributed by atoms with Gasteiger partial charge in [-0.2, -0.15) is 4.39 Å². The second-order valence-electron chi connectivity index (χ2n) is 6.34. The van der Waals surface area contributed by atoms with E-state index in [0.717, 1.165) is 29.4 Å². The molecule has 1 aromatic heterocycles. The molecule has 2 aromatic rings. The van der Waals surface area contributed by atoms with Crippen molar-refractivity contribution in [2.45, 2.75) is 37.9 Å². The third-order valence-corrected chi connectivity index (χ3v) is 5.33. The molecule has 1 aromatic carbocycles. The molecule has 4 heteroatoms. The highest BCUT2D eigenvalue weighted by Crippen LogP contribution is 2.40. The van der Waals surface area contributed by atoms with E-state index in [1.165, 1.54) is 18.2 Å². The van der Waals surface area contributed by atoms with E-state index in [0.29, 0.717) is 17.6 Å². The summed E-state index contributed by atoms with van der Waals surface area (Å²) in [6, 6.07) is 13.3. The maximum atomic E-state index is 14.1. The first-order valence-corrected chi connectivity index (χ1v) is 8.82. The van der Waals surface area contributed by atoms with Gasteiger partial charge in [0.05, 0.1) is 0 Å². The summed E-state index contributed by atoms with van der Waals surface area (Å²) < 4.78 is 14.9. The lowest BCUT2D eigenvalue weighted by atomic mass is 9.95. The van der Waals surface area contributed by atoms with Gasteiger partial charge in [0.2, 0.25) is 5.95 Å². The molecule has 1 saturated heterocycles. The fourth-order valence-corrected chi connectivity index (χ4v) is 4.14. The van der Waals surface area contributed by atoms with Gasteiger partial charge in [0.15, 0.2) is 0 Å². The zero-order valence-electron chi connectivity index (χ0n) is 12.8. The van der Waals surface area contributed by atoms with E-state index in [2.05, 4.69) is 62.2 Å². The van der Waals surface area contributed by atoms with Gasteiger partial charge >= 0.3 is 0 Å². The van der Waals surface area contributed by atoms with Crippen molar-refractivity contribution in [1.82, 2.24) is 9.88 Å². The van der Waals surface area contributed by atoms with Gasteiger partial charge in [0.1, 0.15) is 0 Å². The first kappa shape index (κ1) is 15.0. The number of pyridine rings is 1. The Morgan fingerprint density at radius 2 is 2.04 bits per heavy atom. The summed E-state index contributed by atoms with van der Waals surface area (Å²) in [5, 5.41) is 0. The van der Waals surface area contributed by atoms with Gasteiger partial charge in [0.25, 0.3) is 0 Å². The lowest BCUT2D eigenvalue weighted by Gasteiger charge is -2.34. The Labute approximate surface area is 144 Å². The topological polar surface area (TPSA) is 16.1 Å². The third-order valence-electron chi connectivity index (χ3n) is 4.90. The molecule has 2 nitrogen and oxygen atoms in total. The van der Waals surface area contributed by atoms with Crippen molar-refractivity contribution in [3.8, 4) is 0 Å². The van der Waals surface area contributed by atoms with Crippen molar-refractivity contribution in [2.24, 2.45) is 0 Å². The van der Waals surface area contributed by atoms with Crippen molar-refractivity contribution >= 4 is 21.5 Å². The normalized spacial score (nSPS) is 23.8. The molecule has 0 amide bonds. The van der Waals surface area contributed by atoms with E-state index in [1.54, 1.807) is 0 Å². The lowest BCUT2D eigenvalue weighted by Crippen LogP contribution is -2.37. The number of hydrogen-bond acceptors (Lipinski definition) is 2. The highest BCUT2D eigenvalue weighted by Gasteiger charge is 2.37. The summed E-state index contributed by atoms with van der Waals surface area (Å²) in [6.45, 7) is 0.971. The van der Waals surface area contributed by atoms with E-state index in [1.807, 2.05) is 6.07 Å². The third kappa shape index (κ3) is 2.98. The molecule has 2 bridgehead atoms. The minimum absolute atomic E-state index is 0.365. The Kier molecular flexibility index (Phi) is 4.04. The summed E-state index contributed by atoms with van der Waals surface area (Å²) >= 11 is 3.40. The van der Waals surface area contributed by atoms with Crippen LogP contribution in [0.25, 0.3) is 5.57 Å². The minimum Gasteiger partial charge on any atom is -0.289 e. The molecule has 3 heterocycles. The standard InChI is InChI=1S/C19H18BrFN2/c20-15-10-18(19(21)22-11-15)14-8-16-6-7-17(9-14)23(16)12-13-4-2-1-3-5-13/h1-5,8,10-11,16-17H,6-7,9,12H2. The Hall–Kier alpha value is -1.52. The molecule has 2 atom stereocenters. The zero-order valence-corrected chi connectivity index (χ0v) is 14.3. The van der Waals surface area contributed by atoms with Crippen molar-refractivity contribution in [3.63, 3.8) is 0 Å². The summed E-state index contributed by atoms with van der Waals surface area (Å²) in [5.74, 6) is -0.365. The molecule has 0 saturated carbocycles. The molecule has 0 N–H and O–H groups in total. The Bertz CT molecular complexity index is 744.